The molecule has 0 heterocycles. The number of nitrogens with one attached hydrogen (secondary N) is 1. The fourth-order valence-corrected chi connectivity index (χ4v) is 3.15. The number of rotatable bonds is 8. The summed E-state index contributed by atoms with van der Waals surface area (Å²) in [4.78, 5) is 0. The highest BCUT2D eigenvalue weighted by molar-refractivity contribution is 6.31. The maximum absolute atomic E-state index is 13.2. The second kappa shape index (κ2) is 9.86. The lowest BCUT2D eigenvalue weighted by Gasteiger charge is -2.15. The average molecular weight is 434 g/mol. The highest BCUT2D eigenvalue weighted by Gasteiger charge is 2.09. The van der Waals surface area contributed by atoms with E-state index in [9.17, 15) is 4.39 Å². The van der Waals surface area contributed by atoms with Crippen molar-refractivity contribution >= 4 is 28.9 Å². The van der Waals surface area contributed by atoms with Gasteiger partial charge in [0, 0.05) is 22.8 Å². The largest absolute Gasteiger partial charge is 0.490 e. The van der Waals surface area contributed by atoms with Crippen molar-refractivity contribution in [1.82, 2.24) is 0 Å². The quantitative estimate of drug-likeness (QED) is 0.413. The van der Waals surface area contributed by atoms with Gasteiger partial charge in [0.1, 0.15) is 12.4 Å². The summed E-state index contributed by atoms with van der Waals surface area (Å²) in [6, 6.07) is 15.9. The molecular formula is C23H22Cl2FNO2. The van der Waals surface area contributed by atoms with Crippen LogP contribution < -0.4 is 14.8 Å². The van der Waals surface area contributed by atoms with Gasteiger partial charge in [0.2, 0.25) is 0 Å². The number of hydrogen-bond acceptors (Lipinski definition) is 3. The van der Waals surface area contributed by atoms with Crippen LogP contribution in [0.2, 0.25) is 10.0 Å². The summed E-state index contributed by atoms with van der Waals surface area (Å²) in [5.41, 5.74) is 3.73. The minimum atomic E-state index is -0.375. The Morgan fingerprint density at radius 1 is 0.897 bits per heavy atom. The number of ether oxygens (including phenoxy) is 2. The third-order valence-electron chi connectivity index (χ3n) is 4.37. The van der Waals surface area contributed by atoms with Crippen LogP contribution in [0.15, 0.2) is 54.6 Å². The highest BCUT2D eigenvalue weighted by atomic mass is 35.5. The summed E-state index contributed by atoms with van der Waals surface area (Å²) in [5, 5.41) is 4.42. The summed E-state index contributed by atoms with van der Waals surface area (Å²) in [5.74, 6) is 0.877. The highest BCUT2D eigenvalue weighted by Crippen LogP contribution is 2.31. The number of halogens is 3. The first kappa shape index (κ1) is 21.3. The molecule has 3 aromatic carbocycles. The first-order valence-electron chi connectivity index (χ1n) is 9.28. The predicted molar refractivity (Wildman–Crippen MR) is 117 cm³/mol. The minimum absolute atomic E-state index is 0.221. The third kappa shape index (κ3) is 5.78. The van der Waals surface area contributed by atoms with Gasteiger partial charge in [-0.1, -0.05) is 41.4 Å². The van der Waals surface area contributed by atoms with E-state index in [1.807, 2.05) is 50.2 Å². The molecule has 0 amide bonds. The Kier molecular flexibility index (Phi) is 7.24. The molecule has 0 unspecified atom stereocenters. The van der Waals surface area contributed by atoms with Gasteiger partial charge in [-0.3, -0.25) is 0 Å². The van der Waals surface area contributed by atoms with Crippen LogP contribution in [0.5, 0.6) is 11.5 Å². The zero-order chi connectivity index (χ0) is 20.8. The molecule has 0 aliphatic carbocycles. The molecule has 3 aromatic rings. The van der Waals surface area contributed by atoms with Crippen molar-refractivity contribution in [2.75, 3.05) is 11.9 Å². The standard InChI is InChI=1S/C23H22Cl2FNO2/c1-3-28-23-10-16(13-27-19-8-4-15(2)20(24)12-19)5-9-22(23)29-14-17-6-7-18(26)11-21(17)25/h4-12,27H,3,13-14H2,1-2H3. The fourth-order valence-electron chi connectivity index (χ4n) is 2.75. The average Bonchev–Trinajstić information content (AvgIpc) is 2.69. The Labute approximate surface area is 180 Å². The minimum Gasteiger partial charge on any atom is -0.490 e. The van der Waals surface area contributed by atoms with Crippen molar-refractivity contribution in [3.05, 3.63) is 87.2 Å². The van der Waals surface area contributed by atoms with Crippen molar-refractivity contribution in [1.29, 1.82) is 0 Å². The van der Waals surface area contributed by atoms with E-state index in [-0.39, 0.29) is 12.4 Å². The zero-order valence-corrected chi connectivity index (χ0v) is 17.8. The Morgan fingerprint density at radius 3 is 2.45 bits per heavy atom. The summed E-state index contributed by atoms with van der Waals surface area (Å²) in [7, 11) is 0. The Morgan fingerprint density at radius 2 is 1.72 bits per heavy atom. The lowest BCUT2D eigenvalue weighted by molar-refractivity contribution is 0.269. The van der Waals surface area contributed by atoms with Crippen molar-refractivity contribution in [3.63, 3.8) is 0 Å². The van der Waals surface area contributed by atoms with E-state index in [4.69, 9.17) is 32.7 Å². The van der Waals surface area contributed by atoms with Gasteiger partial charge in [-0.25, -0.2) is 4.39 Å². The smallest absolute Gasteiger partial charge is 0.161 e. The first-order valence-corrected chi connectivity index (χ1v) is 10.0. The van der Waals surface area contributed by atoms with Crippen LogP contribution in [0.4, 0.5) is 10.1 Å². The van der Waals surface area contributed by atoms with E-state index < -0.39 is 0 Å². The van der Waals surface area contributed by atoms with Gasteiger partial charge in [-0.2, -0.15) is 0 Å². The van der Waals surface area contributed by atoms with E-state index in [1.165, 1.54) is 12.1 Å². The van der Waals surface area contributed by atoms with Crippen LogP contribution in [-0.4, -0.2) is 6.61 Å². The van der Waals surface area contributed by atoms with Crippen LogP contribution >= 0.6 is 23.2 Å². The second-order valence-corrected chi connectivity index (χ2v) is 7.37. The molecule has 0 aliphatic rings. The molecule has 3 rings (SSSR count). The maximum Gasteiger partial charge on any atom is 0.161 e. The summed E-state index contributed by atoms with van der Waals surface area (Å²) < 4.78 is 24.8. The zero-order valence-electron chi connectivity index (χ0n) is 16.3. The molecule has 0 aliphatic heterocycles. The molecule has 1 N–H and O–H groups in total. The van der Waals surface area contributed by atoms with Crippen LogP contribution in [0.3, 0.4) is 0 Å². The topological polar surface area (TPSA) is 30.5 Å². The van der Waals surface area contributed by atoms with Gasteiger partial charge in [0.25, 0.3) is 0 Å². The molecule has 6 heteroatoms. The normalized spacial score (nSPS) is 10.7. The van der Waals surface area contributed by atoms with Gasteiger partial charge in [-0.05, 0) is 61.4 Å². The summed E-state index contributed by atoms with van der Waals surface area (Å²) >= 11 is 12.3. The van der Waals surface area contributed by atoms with Gasteiger partial charge >= 0.3 is 0 Å². The van der Waals surface area contributed by atoms with Gasteiger partial charge in [-0.15, -0.1) is 0 Å². The molecular weight excluding hydrogens is 412 g/mol. The van der Waals surface area contributed by atoms with E-state index in [2.05, 4.69) is 5.32 Å². The fraction of sp³-hybridized carbons (Fsp3) is 0.217. The second-order valence-electron chi connectivity index (χ2n) is 6.56. The molecule has 0 aromatic heterocycles. The monoisotopic (exact) mass is 433 g/mol. The molecule has 0 spiro atoms. The SMILES string of the molecule is CCOc1cc(CNc2ccc(C)c(Cl)c2)ccc1OCc1ccc(F)cc1Cl. The molecule has 0 bridgehead atoms. The third-order valence-corrected chi connectivity index (χ3v) is 5.13. The van der Waals surface area contributed by atoms with Crippen LogP contribution in [-0.2, 0) is 13.2 Å². The van der Waals surface area contributed by atoms with E-state index in [0.717, 1.165) is 21.8 Å². The van der Waals surface area contributed by atoms with Crippen molar-refractivity contribution in [2.45, 2.75) is 27.0 Å². The van der Waals surface area contributed by atoms with Crippen molar-refractivity contribution in [2.24, 2.45) is 0 Å². The van der Waals surface area contributed by atoms with E-state index >= 15 is 0 Å². The van der Waals surface area contributed by atoms with E-state index in [0.29, 0.717) is 35.2 Å². The van der Waals surface area contributed by atoms with Crippen LogP contribution in [0.25, 0.3) is 0 Å². The van der Waals surface area contributed by atoms with Gasteiger partial charge < -0.3 is 14.8 Å². The molecule has 0 fully saturated rings. The maximum atomic E-state index is 13.2. The van der Waals surface area contributed by atoms with Crippen LogP contribution in [0.1, 0.15) is 23.6 Å². The molecule has 0 saturated heterocycles. The first-order chi connectivity index (χ1) is 14.0. The van der Waals surface area contributed by atoms with Crippen molar-refractivity contribution < 1.29 is 13.9 Å². The van der Waals surface area contributed by atoms with Crippen LogP contribution in [0, 0.1) is 12.7 Å². The molecule has 0 radical (unpaired) electrons. The number of anilines is 1. The summed E-state index contributed by atoms with van der Waals surface area (Å²) in [6.07, 6.45) is 0. The molecule has 152 valence electrons. The molecule has 29 heavy (non-hydrogen) atoms. The lowest BCUT2D eigenvalue weighted by atomic mass is 10.1. The Bertz CT molecular complexity index is 995. The number of hydrogen-bond donors (Lipinski definition) is 1. The predicted octanol–water partition coefficient (Wildman–Crippen LogP) is 7.03. The number of benzene rings is 3. The Balaban J connectivity index is 1.69. The molecule has 0 atom stereocenters. The lowest BCUT2D eigenvalue weighted by Crippen LogP contribution is -2.03. The number of aryl methyl sites for hydroxylation is 1. The Hall–Kier alpha value is -2.43. The van der Waals surface area contributed by atoms with E-state index in [1.54, 1.807) is 6.07 Å². The molecule has 3 nitrogen and oxygen atoms in total. The molecule has 0 saturated carbocycles. The van der Waals surface area contributed by atoms with Crippen molar-refractivity contribution in [3.8, 4) is 11.5 Å². The van der Waals surface area contributed by atoms with Gasteiger partial charge in [0.05, 0.1) is 11.6 Å². The van der Waals surface area contributed by atoms with Gasteiger partial charge in [0.15, 0.2) is 11.5 Å². The summed E-state index contributed by atoms with van der Waals surface area (Å²) in [6.45, 7) is 5.23.